The third-order valence-corrected chi connectivity index (χ3v) is 2.90. The molecule has 0 aliphatic rings. The summed E-state index contributed by atoms with van der Waals surface area (Å²) in [5.41, 5.74) is 1.54. The molecule has 1 aromatic rings. The first-order valence-corrected chi connectivity index (χ1v) is 6.70. The van der Waals surface area contributed by atoms with Crippen LogP contribution in [0.5, 0.6) is 0 Å². The third-order valence-electron chi connectivity index (χ3n) is 2.90. The summed E-state index contributed by atoms with van der Waals surface area (Å²) in [6.45, 7) is 7.92. The topological polar surface area (TPSA) is 23.5 Å². The predicted octanol–water partition coefficient (Wildman–Crippen LogP) is 2.79. The van der Waals surface area contributed by atoms with Crippen LogP contribution in [0.4, 0.5) is 4.39 Å². The lowest BCUT2D eigenvalue weighted by Gasteiger charge is -2.26. The highest BCUT2D eigenvalue weighted by molar-refractivity contribution is 5.37. The van der Waals surface area contributed by atoms with Crippen LogP contribution >= 0.6 is 0 Å². The van der Waals surface area contributed by atoms with Crippen LogP contribution in [0.25, 0.3) is 0 Å². The fourth-order valence-corrected chi connectivity index (χ4v) is 2.00. The summed E-state index contributed by atoms with van der Waals surface area (Å²) in [4.78, 5) is 2.30. The van der Waals surface area contributed by atoms with Gasteiger partial charge in [-0.15, -0.1) is 0 Å². The molecule has 3 heteroatoms. The largest absolute Gasteiger partial charge is 0.384 e. The van der Waals surface area contributed by atoms with Gasteiger partial charge in [-0.25, -0.2) is 4.39 Å². The lowest BCUT2D eigenvalue weighted by atomic mass is 10.1. The van der Waals surface area contributed by atoms with Crippen LogP contribution < -0.4 is 0 Å². The van der Waals surface area contributed by atoms with Gasteiger partial charge in [0.05, 0.1) is 0 Å². The first-order chi connectivity index (χ1) is 9.06. The van der Waals surface area contributed by atoms with E-state index in [2.05, 4.69) is 37.5 Å². The van der Waals surface area contributed by atoms with Crippen LogP contribution in [0.1, 0.15) is 38.3 Å². The van der Waals surface area contributed by atoms with Crippen molar-refractivity contribution < 1.29 is 9.50 Å². The van der Waals surface area contributed by atoms with Crippen LogP contribution in [0.15, 0.2) is 18.2 Å². The van der Waals surface area contributed by atoms with Gasteiger partial charge in [-0.2, -0.15) is 0 Å². The molecule has 0 saturated carbocycles. The second-order valence-corrected chi connectivity index (χ2v) is 4.87. The zero-order valence-electron chi connectivity index (χ0n) is 11.9. The number of aliphatic hydroxyl groups excluding tert-OH is 1. The van der Waals surface area contributed by atoms with Crippen molar-refractivity contribution in [3.05, 3.63) is 35.1 Å². The van der Waals surface area contributed by atoms with Gasteiger partial charge in [-0.05, 0) is 50.6 Å². The molecule has 0 fully saturated rings. The fourth-order valence-electron chi connectivity index (χ4n) is 2.00. The van der Waals surface area contributed by atoms with E-state index in [1.807, 2.05) is 6.07 Å². The number of halogens is 1. The summed E-state index contributed by atoms with van der Waals surface area (Å²) in [7, 11) is 0. The van der Waals surface area contributed by atoms with Crippen molar-refractivity contribution in [2.24, 2.45) is 0 Å². The van der Waals surface area contributed by atoms with E-state index in [0.717, 1.165) is 25.1 Å². The summed E-state index contributed by atoms with van der Waals surface area (Å²) in [5.74, 6) is 5.02. The molecule has 19 heavy (non-hydrogen) atoms. The molecule has 0 heterocycles. The van der Waals surface area contributed by atoms with Gasteiger partial charge in [0.15, 0.2) is 0 Å². The molecule has 2 nitrogen and oxygen atoms in total. The summed E-state index contributed by atoms with van der Waals surface area (Å²) in [6.07, 6.45) is 1.07. The summed E-state index contributed by atoms with van der Waals surface area (Å²) in [5, 5.41) is 8.68. The predicted molar refractivity (Wildman–Crippen MR) is 76.2 cm³/mol. The Kier molecular flexibility index (Phi) is 6.55. The molecular weight excluding hydrogens is 241 g/mol. The number of hydrogen-bond donors (Lipinski definition) is 1. The highest BCUT2D eigenvalue weighted by Crippen LogP contribution is 2.13. The van der Waals surface area contributed by atoms with Gasteiger partial charge in [0.1, 0.15) is 12.4 Å². The molecule has 0 saturated heterocycles. The molecule has 0 aliphatic heterocycles. The molecule has 0 radical (unpaired) electrons. The molecule has 1 rings (SSSR count). The van der Waals surface area contributed by atoms with E-state index in [4.69, 9.17) is 5.11 Å². The molecule has 1 aromatic carbocycles. The van der Waals surface area contributed by atoms with Gasteiger partial charge in [-0.1, -0.05) is 18.8 Å². The average molecular weight is 263 g/mol. The standard InChI is InChI=1S/C16H22FNO/c1-4-7-18(13(2)3)12-15-9-14(6-5-8-19)10-16(17)11-15/h9-11,13,19H,4,7-8,12H2,1-3H3. The van der Waals surface area contributed by atoms with Crippen LogP contribution in [0.3, 0.4) is 0 Å². The molecule has 0 aromatic heterocycles. The Bertz CT molecular complexity index is 460. The van der Waals surface area contributed by atoms with E-state index in [9.17, 15) is 4.39 Å². The van der Waals surface area contributed by atoms with Gasteiger partial charge in [0.25, 0.3) is 0 Å². The molecule has 0 spiro atoms. The molecule has 0 bridgehead atoms. The Hall–Kier alpha value is -1.37. The van der Waals surface area contributed by atoms with Gasteiger partial charge in [0.2, 0.25) is 0 Å². The maximum atomic E-state index is 13.5. The van der Waals surface area contributed by atoms with Gasteiger partial charge < -0.3 is 5.11 Å². The Morgan fingerprint density at radius 3 is 2.63 bits per heavy atom. The van der Waals surface area contributed by atoms with E-state index < -0.39 is 0 Å². The quantitative estimate of drug-likeness (QED) is 0.826. The van der Waals surface area contributed by atoms with Crippen LogP contribution in [-0.2, 0) is 6.54 Å². The zero-order chi connectivity index (χ0) is 14.3. The van der Waals surface area contributed by atoms with Crippen molar-refractivity contribution in [2.45, 2.75) is 39.8 Å². The van der Waals surface area contributed by atoms with Gasteiger partial charge in [-0.3, -0.25) is 4.90 Å². The first-order valence-electron chi connectivity index (χ1n) is 6.70. The van der Waals surface area contributed by atoms with Crippen molar-refractivity contribution in [1.82, 2.24) is 4.90 Å². The number of aliphatic hydroxyl groups is 1. The number of nitrogens with zero attached hydrogens (tertiary/aromatic N) is 1. The second kappa shape index (κ2) is 7.93. The SMILES string of the molecule is CCCN(Cc1cc(F)cc(C#CCO)c1)C(C)C. The van der Waals surface area contributed by atoms with E-state index >= 15 is 0 Å². The lowest BCUT2D eigenvalue weighted by molar-refractivity contribution is 0.213. The third kappa shape index (κ3) is 5.42. The second-order valence-electron chi connectivity index (χ2n) is 4.87. The fraction of sp³-hybridized carbons (Fsp3) is 0.500. The van der Waals surface area contributed by atoms with Crippen LogP contribution in [0.2, 0.25) is 0 Å². The maximum absolute atomic E-state index is 13.5. The Morgan fingerprint density at radius 2 is 2.05 bits per heavy atom. The van der Waals surface area contributed by atoms with E-state index in [-0.39, 0.29) is 12.4 Å². The van der Waals surface area contributed by atoms with Gasteiger partial charge >= 0.3 is 0 Å². The summed E-state index contributed by atoms with van der Waals surface area (Å²) >= 11 is 0. The van der Waals surface area contributed by atoms with Crippen LogP contribution in [-0.4, -0.2) is 29.2 Å². The van der Waals surface area contributed by atoms with Crippen LogP contribution in [0, 0.1) is 17.7 Å². The molecule has 0 amide bonds. The molecular formula is C16H22FNO. The summed E-state index contributed by atoms with van der Waals surface area (Å²) in [6, 6.07) is 5.26. The van der Waals surface area contributed by atoms with E-state index in [0.29, 0.717) is 11.6 Å². The Morgan fingerprint density at radius 1 is 1.32 bits per heavy atom. The molecule has 0 unspecified atom stereocenters. The first kappa shape index (κ1) is 15.7. The summed E-state index contributed by atoms with van der Waals surface area (Å²) < 4.78 is 13.5. The molecule has 1 N–H and O–H groups in total. The normalized spacial score (nSPS) is 10.7. The average Bonchev–Trinajstić information content (AvgIpc) is 2.35. The van der Waals surface area contributed by atoms with Crippen molar-refractivity contribution in [3.8, 4) is 11.8 Å². The molecule has 0 atom stereocenters. The molecule has 0 aliphatic carbocycles. The maximum Gasteiger partial charge on any atom is 0.124 e. The Labute approximate surface area is 115 Å². The minimum Gasteiger partial charge on any atom is -0.384 e. The number of benzene rings is 1. The van der Waals surface area contributed by atoms with E-state index in [1.165, 1.54) is 6.07 Å². The minimum atomic E-state index is -0.278. The van der Waals surface area contributed by atoms with Crippen molar-refractivity contribution in [1.29, 1.82) is 0 Å². The smallest absolute Gasteiger partial charge is 0.124 e. The van der Waals surface area contributed by atoms with E-state index in [1.54, 1.807) is 6.07 Å². The highest BCUT2D eigenvalue weighted by atomic mass is 19.1. The van der Waals surface area contributed by atoms with Crippen molar-refractivity contribution in [3.63, 3.8) is 0 Å². The molecule has 104 valence electrons. The highest BCUT2D eigenvalue weighted by Gasteiger charge is 2.10. The lowest BCUT2D eigenvalue weighted by Crippen LogP contribution is -2.31. The number of hydrogen-bond acceptors (Lipinski definition) is 2. The zero-order valence-corrected chi connectivity index (χ0v) is 11.9. The van der Waals surface area contributed by atoms with Crippen molar-refractivity contribution >= 4 is 0 Å². The number of rotatable bonds is 5. The monoisotopic (exact) mass is 263 g/mol. The van der Waals surface area contributed by atoms with Crippen molar-refractivity contribution in [2.75, 3.05) is 13.2 Å². The van der Waals surface area contributed by atoms with Gasteiger partial charge in [0, 0.05) is 18.2 Å². The minimum absolute atomic E-state index is 0.209. The Balaban J connectivity index is 2.90.